The number of nitrogens with one attached hydrogen (secondary N) is 1. The van der Waals surface area contributed by atoms with Gasteiger partial charge in [0.25, 0.3) is 10.0 Å². The van der Waals surface area contributed by atoms with Crippen LogP contribution < -0.4 is 18.9 Å². The molecule has 0 spiro atoms. The van der Waals surface area contributed by atoms with Gasteiger partial charge >= 0.3 is 6.61 Å². The average molecular weight is 394 g/mol. The number of halogens is 3. The standard InChI is InChI=1S/C15H14ClF2NO5S/c1-22-13-6-4-10(8-14(13)23-2)25(20,21)19-9-3-5-12(11(16)7-9)24-15(17)18/h3-8,15,19H,1-2H3. The monoisotopic (exact) mass is 393 g/mol. The molecule has 0 aliphatic rings. The normalized spacial score (nSPS) is 11.3. The van der Waals surface area contributed by atoms with Gasteiger partial charge in [-0.15, -0.1) is 0 Å². The maximum absolute atomic E-state index is 12.4. The molecule has 0 aromatic heterocycles. The molecule has 2 rings (SSSR count). The fourth-order valence-corrected chi connectivity index (χ4v) is 3.24. The highest BCUT2D eigenvalue weighted by molar-refractivity contribution is 7.92. The molecule has 2 aromatic rings. The predicted molar refractivity (Wildman–Crippen MR) is 88.4 cm³/mol. The van der Waals surface area contributed by atoms with Gasteiger partial charge in [0, 0.05) is 6.07 Å². The SMILES string of the molecule is COc1ccc(S(=O)(=O)Nc2ccc(OC(F)F)c(Cl)c2)cc1OC. The summed E-state index contributed by atoms with van der Waals surface area (Å²) in [5.41, 5.74) is 0.0846. The lowest BCUT2D eigenvalue weighted by molar-refractivity contribution is -0.0497. The first-order chi connectivity index (χ1) is 11.8. The van der Waals surface area contributed by atoms with Crippen LogP contribution in [0.4, 0.5) is 14.5 Å². The van der Waals surface area contributed by atoms with E-state index in [4.69, 9.17) is 21.1 Å². The second-order valence-corrected chi connectivity index (χ2v) is 6.74. The maximum Gasteiger partial charge on any atom is 0.387 e. The lowest BCUT2D eigenvalue weighted by Crippen LogP contribution is -2.13. The van der Waals surface area contributed by atoms with Gasteiger partial charge in [0.05, 0.1) is 29.8 Å². The molecule has 2 aromatic carbocycles. The van der Waals surface area contributed by atoms with Gasteiger partial charge < -0.3 is 14.2 Å². The molecule has 0 saturated carbocycles. The number of hydrogen-bond acceptors (Lipinski definition) is 5. The van der Waals surface area contributed by atoms with Crippen LogP contribution in [0.3, 0.4) is 0 Å². The largest absolute Gasteiger partial charge is 0.493 e. The van der Waals surface area contributed by atoms with E-state index in [0.29, 0.717) is 5.75 Å². The third-order valence-electron chi connectivity index (χ3n) is 3.07. The van der Waals surface area contributed by atoms with Crippen molar-refractivity contribution in [3.63, 3.8) is 0 Å². The van der Waals surface area contributed by atoms with Crippen molar-refractivity contribution >= 4 is 27.3 Å². The van der Waals surface area contributed by atoms with Crippen LogP contribution in [0.5, 0.6) is 17.2 Å². The lowest BCUT2D eigenvalue weighted by Gasteiger charge is -2.13. The lowest BCUT2D eigenvalue weighted by atomic mass is 10.3. The van der Waals surface area contributed by atoms with Crippen molar-refractivity contribution in [1.82, 2.24) is 0 Å². The van der Waals surface area contributed by atoms with Crippen molar-refractivity contribution in [3.8, 4) is 17.2 Å². The van der Waals surface area contributed by atoms with E-state index in [2.05, 4.69) is 9.46 Å². The molecule has 0 aliphatic carbocycles. The number of anilines is 1. The number of sulfonamides is 1. The van der Waals surface area contributed by atoms with Crippen LogP contribution in [0.2, 0.25) is 5.02 Å². The minimum atomic E-state index is -3.96. The summed E-state index contributed by atoms with van der Waals surface area (Å²) in [7, 11) is -1.15. The van der Waals surface area contributed by atoms with E-state index < -0.39 is 16.6 Å². The molecule has 1 N–H and O–H groups in total. The third kappa shape index (κ3) is 4.64. The molecule has 10 heteroatoms. The molecule has 0 aliphatic heterocycles. The molecule has 0 fully saturated rings. The zero-order valence-corrected chi connectivity index (χ0v) is 14.7. The molecule has 136 valence electrons. The van der Waals surface area contributed by atoms with E-state index in [-0.39, 0.29) is 27.1 Å². The molecule has 0 unspecified atom stereocenters. The summed E-state index contributed by atoms with van der Waals surface area (Å²) in [6.07, 6.45) is 0. The minimum absolute atomic E-state index is 0.0748. The van der Waals surface area contributed by atoms with Crippen LogP contribution in [0.15, 0.2) is 41.3 Å². The Hall–Kier alpha value is -2.26. The smallest absolute Gasteiger partial charge is 0.387 e. The Morgan fingerprint density at radius 1 is 1.00 bits per heavy atom. The quantitative estimate of drug-likeness (QED) is 0.775. The predicted octanol–water partition coefficient (Wildman–Crippen LogP) is 3.76. The van der Waals surface area contributed by atoms with Crippen LogP contribution in [-0.4, -0.2) is 29.2 Å². The van der Waals surface area contributed by atoms with Gasteiger partial charge in [-0.2, -0.15) is 8.78 Å². The van der Waals surface area contributed by atoms with Crippen molar-refractivity contribution < 1.29 is 31.4 Å². The van der Waals surface area contributed by atoms with Crippen LogP contribution >= 0.6 is 11.6 Å². The minimum Gasteiger partial charge on any atom is -0.493 e. The van der Waals surface area contributed by atoms with Crippen molar-refractivity contribution in [2.45, 2.75) is 11.5 Å². The van der Waals surface area contributed by atoms with Crippen molar-refractivity contribution in [2.75, 3.05) is 18.9 Å². The highest BCUT2D eigenvalue weighted by Crippen LogP contribution is 2.32. The molecule has 0 amide bonds. The first kappa shape index (κ1) is 19.1. The van der Waals surface area contributed by atoms with Crippen molar-refractivity contribution in [3.05, 3.63) is 41.4 Å². The molecule has 0 radical (unpaired) electrons. The number of benzene rings is 2. The topological polar surface area (TPSA) is 73.9 Å². The zero-order chi connectivity index (χ0) is 18.6. The Morgan fingerprint density at radius 3 is 2.20 bits per heavy atom. The van der Waals surface area contributed by atoms with Crippen LogP contribution in [0.25, 0.3) is 0 Å². The highest BCUT2D eigenvalue weighted by Gasteiger charge is 2.18. The Balaban J connectivity index is 2.28. The zero-order valence-electron chi connectivity index (χ0n) is 13.1. The molecule has 0 heterocycles. The van der Waals surface area contributed by atoms with E-state index >= 15 is 0 Å². The Morgan fingerprint density at radius 2 is 1.64 bits per heavy atom. The number of methoxy groups -OCH3 is 2. The molecule has 0 atom stereocenters. The Bertz CT molecular complexity index is 861. The second-order valence-electron chi connectivity index (χ2n) is 4.65. The summed E-state index contributed by atoms with van der Waals surface area (Å²) < 4.78 is 65.9. The van der Waals surface area contributed by atoms with E-state index in [0.717, 1.165) is 12.1 Å². The summed E-state index contributed by atoms with van der Waals surface area (Å²) >= 11 is 5.81. The summed E-state index contributed by atoms with van der Waals surface area (Å²) in [6.45, 7) is -3.04. The fraction of sp³-hybridized carbons (Fsp3) is 0.200. The molecule has 6 nitrogen and oxygen atoms in total. The van der Waals surface area contributed by atoms with Gasteiger partial charge in [0.1, 0.15) is 5.75 Å². The third-order valence-corrected chi connectivity index (χ3v) is 4.74. The van der Waals surface area contributed by atoms with E-state index in [1.165, 1.54) is 38.5 Å². The number of ether oxygens (including phenoxy) is 3. The van der Waals surface area contributed by atoms with Crippen LogP contribution in [0.1, 0.15) is 0 Å². The summed E-state index contributed by atoms with van der Waals surface area (Å²) in [5.74, 6) is 0.354. The first-order valence-electron chi connectivity index (χ1n) is 6.76. The Kier molecular flexibility index (Phi) is 5.91. The van der Waals surface area contributed by atoms with Gasteiger partial charge in [-0.1, -0.05) is 11.6 Å². The molecule has 0 bridgehead atoms. The summed E-state index contributed by atoms with van der Waals surface area (Å²) in [5, 5.41) is -0.159. The molecular weight excluding hydrogens is 380 g/mol. The first-order valence-corrected chi connectivity index (χ1v) is 8.62. The van der Waals surface area contributed by atoms with Gasteiger partial charge in [0.15, 0.2) is 11.5 Å². The fourth-order valence-electron chi connectivity index (χ4n) is 1.95. The van der Waals surface area contributed by atoms with Gasteiger partial charge in [-0.25, -0.2) is 8.42 Å². The van der Waals surface area contributed by atoms with Gasteiger partial charge in [0.2, 0.25) is 0 Å². The van der Waals surface area contributed by atoms with Crippen molar-refractivity contribution in [1.29, 1.82) is 0 Å². The van der Waals surface area contributed by atoms with Crippen molar-refractivity contribution in [2.24, 2.45) is 0 Å². The van der Waals surface area contributed by atoms with E-state index in [1.54, 1.807) is 0 Å². The van der Waals surface area contributed by atoms with Crippen LogP contribution in [-0.2, 0) is 10.0 Å². The van der Waals surface area contributed by atoms with Crippen LogP contribution in [0, 0.1) is 0 Å². The average Bonchev–Trinajstić information content (AvgIpc) is 2.56. The molecule has 0 saturated heterocycles. The number of alkyl halides is 2. The van der Waals surface area contributed by atoms with Gasteiger partial charge in [-0.3, -0.25) is 4.72 Å². The maximum atomic E-state index is 12.4. The summed E-state index contributed by atoms with van der Waals surface area (Å²) in [6, 6.07) is 7.62. The van der Waals surface area contributed by atoms with E-state index in [9.17, 15) is 17.2 Å². The molecular formula is C15H14ClF2NO5S. The van der Waals surface area contributed by atoms with Gasteiger partial charge in [-0.05, 0) is 30.3 Å². The highest BCUT2D eigenvalue weighted by atomic mass is 35.5. The second kappa shape index (κ2) is 7.75. The van der Waals surface area contributed by atoms with E-state index in [1.807, 2.05) is 0 Å². The molecule has 25 heavy (non-hydrogen) atoms. The summed E-state index contributed by atoms with van der Waals surface area (Å²) in [4.78, 5) is -0.0748. The number of rotatable bonds is 7. The number of hydrogen-bond donors (Lipinski definition) is 1. The Labute approximate surface area is 148 Å².